The lowest BCUT2D eigenvalue weighted by Crippen LogP contribution is -1.96. The first-order valence-electron chi connectivity index (χ1n) is 18.2. The molecule has 0 fully saturated rings. The molecule has 0 unspecified atom stereocenters. The van der Waals surface area contributed by atoms with Crippen molar-refractivity contribution in [1.82, 2.24) is 14.4 Å². The smallest absolute Gasteiger partial charge is 0.213 e. The van der Waals surface area contributed by atoms with Crippen LogP contribution in [0.4, 0.5) is 0 Å². The van der Waals surface area contributed by atoms with Gasteiger partial charge in [0, 0.05) is 22.1 Å². The molecule has 3 heterocycles. The summed E-state index contributed by atoms with van der Waals surface area (Å²) in [6.07, 6.45) is 0. The fourth-order valence-electron chi connectivity index (χ4n) is 7.90. The summed E-state index contributed by atoms with van der Waals surface area (Å²) < 4.78 is 8.75. The highest BCUT2D eigenvalue weighted by atomic mass is 16.3. The van der Waals surface area contributed by atoms with Crippen molar-refractivity contribution in [2.24, 2.45) is 0 Å². The van der Waals surface area contributed by atoms with Crippen LogP contribution in [0.15, 0.2) is 192 Å². The minimum absolute atomic E-state index is 0.704. The molecule has 0 saturated heterocycles. The van der Waals surface area contributed by atoms with Crippen molar-refractivity contribution in [1.29, 1.82) is 0 Å². The molecule has 3 aromatic heterocycles. The number of nitrogens with zero attached hydrogens (tertiary/aromatic N) is 3. The number of para-hydroxylation sites is 3. The summed E-state index contributed by atoms with van der Waals surface area (Å²) in [5.41, 5.74) is 13.3. The summed E-state index contributed by atoms with van der Waals surface area (Å²) in [5.74, 6) is 0.704. The molecule has 8 aromatic carbocycles. The second-order valence-electron chi connectivity index (χ2n) is 13.8. The van der Waals surface area contributed by atoms with E-state index in [0.717, 1.165) is 78.0 Å². The van der Waals surface area contributed by atoms with Gasteiger partial charge < -0.3 is 4.42 Å². The molecule has 0 saturated carbocycles. The summed E-state index contributed by atoms with van der Waals surface area (Å²) in [6.45, 7) is 0. The van der Waals surface area contributed by atoms with E-state index in [1.165, 1.54) is 21.5 Å². The third-order valence-electron chi connectivity index (χ3n) is 10.6. The molecule has 252 valence electrons. The Morgan fingerprint density at radius 1 is 0.370 bits per heavy atom. The molecule has 0 aliphatic rings. The lowest BCUT2D eigenvalue weighted by molar-refractivity contribution is 0.658. The van der Waals surface area contributed by atoms with E-state index in [4.69, 9.17) is 14.4 Å². The van der Waals surface area contributed by atoms with E-state index in [1.54, 1.807) is 0 Å². The van der Waals surface area contributed by atoms with E-state index < -0.39 is 0 Å². The first-order valence-corrected chi connectivity index (χ1v) is 18.2. The molecule has 11 rings (SSSR count). The largest absolute Gasteiger partial charge is 0.438 e. The zero-order valence-corrected chi connectivity index (χ0v) is 29.1. The predicted octanol–water partition coefficient (Wildman–Crippen LogP) is 13.3. The number of aromatic nitrogens is 3. The Hall–Kier alpha value is -7.30. The Morgan fingerprint density at radius 2 is 0.944 bits per heavy atom. The number of fused-ring (bicyclic) bond motifs is 7. The van der Waals surface area contributed by atoms with Crippen LogP contribution in [0, 0.1) is 0 Å². The van der Waals surface area contributed by atoms with Gasteiger partial charge in [-0.3, -0.25) is 4.40 Å². The Labute approximate surface area is 311 Å². The lowest BCUT2D eigenvalue weighted by Gasteiger charge is -2.11. The molecule has 4 heteroatoms. The first kappa shape index (κ1) is 30.3. The fourth-order valence-corrected chi connectivity index (χ4v) is 7.90. The molecule has 4 nitrogen and oxygen atoms in total. The Bertz CT molecular complexity index is 3130. The summed E-state index contributed by atoms with van der Waals surface area (Å²) >= 11 is 0. The lowest BCUT2D eigenvalue weighted by atomic mass is 9.97. The van der Waals surface area contributed by atoms with Gasteiger partial charge in [-0.05, 0) is 80.7 Å². The SMILES string of the molecule is c1cc(-c2ccc(-c3cc(-c4ccc5ccccc5c4)nc(-c4ccc5ccccc5c4)n3)cc2)cc(-c2c3ccccc3n3c2oc2ccccc23)c1. The Morgan fingerprint density at radius 3 is 1.72 bits per heavy atom. The molecule has 0 bridgehead atoms. The van der Waals surface area contributed by atoms with Crippen molar-refractivity contribution in [2.75, 3.05) is 0 Å². The average molecular weight is 690 g/mol. The van der Waals surface area contributed by atoms with Crippen molar-refractivity contribution in [3.8, 4) is 56.2 Å². The molecular formula is C50H31N3O. The van der Waals surface area contributed by atoms with Crippen LogP contribution in [-0.2, 0) is 0 Å². The van der Waals surface area contributed by atoms with Gasteiger partial charge in [0.05, 0.1) is 28.0 Å². The number of rotatable bonds is 5. The summed E-state index contributed by atoms with van der Waals surface area (Å²) in [4.78, 5) is 10.3. The zero-order valence-electron chi connectivity index (χ0n) is 29.1. The maximum absolute atomic E-state index is 6.51. The summed E-state index contributed by atoms with van der Waals surface area (Å²) in [6, 6.07) is 66.2. The maximum atomic E-state index is 6.51. The van der Waals surface area contributed by atoms with Crippen molar-refractivity contribution in [3.63, 3.8) is 0 Å². The van der Waals surface area contributed by atoms with Gasteiger partial charge in [-0.2, -0.15) is 0 Å². The molecule has 0 aliphatic carbocycles. The molecule has 0 N–H and O–H groups in total. The van der Waals surface area contributed by atoms with Gasteiger partial charge in [-0.1, -0.05) is 146 Å². The Kier molecular flexibility index (Phi) is 6.82. The van der Waals surface area contributed by atoms with Crippen molar-refractivity contribution < 1.29 is 4.42 Å². The molecule has 0 aliphatic heterocycles. The highest BCUT2D eigenvalue weighted by Gasteiger charge is 2.20. The molecule has 0 atom stereocenters. The molecule has 0 amide bonds. The van der Waals surface area contributed by atoms with E-state index in [1.807, 2.05) is 12.1 Å². The molecule has 54 heavy (non-hydrogen) atoms. The van der Waals surface area contributed by atoms with Crippen molar-refractivity contribution >= 4 is 49.3 Å². The van der Waals surface area contributed by atoms with Crippen LogP contribution in [0.5, 0.6) is 0 Å². The van der Waals surface area contributed by atoms with E-state index >= 15 is 0 Å². The predicted molar refractivity (Wildman–Crippen MR) is 222 cm³/mol. The van der Waals surface area contributed by atoms with Gasteiger partial charge in [0.1, 0.15) is 0 Å². The third-order valence-corrected chi connectivity index (χ3v) is 10.6. The normalized spacial score (nSPS) is 11.7. The molecule has 11 aromatic rings. The second kappa shape index (κ2) is 12.1. The topological polar surface area (TPSA) is 43.3 Å². The number of hydrogen-bond donors (Lipinski definition) is 0. The zero-order chi connectivity index (χ0) is 35.6. The molecular weight excluding hydrogens is 659 g/mol. The van der Waals surface area contributed by atoms with Crippen LogP contribution in [0.3, 0.4) is 0 Å². The maximum Gasteiger partial charge on any atom is 0.213 e. The van der Waals surface area contributed by atoms with E-state index in [9.17, 15) is 0 Å². The molecule has 0 spiro atoms. The Balaban J connectivity index is 1.01. The van der Waals surface area contributed by atoms with Gasteiger partial charge >= 0.3 is 0 Å². The molecule has 0 radical (unpaired) electrons. The van der Waals surface area contributed by atoms with Crippen LogP contribution in [0.2, 0.25) is 0 Å². The fraction of sp³-hybridized carbons (Fsp3) is 0. The standard InChI is InChI=1S/C50H31N3O/c1-3-12-36-28-39(26-22-32(36)10-1)44-31-43(51-49(52-44)41-27-23-33-11-2-4-13-37(33)30-41)35-24-20-34(21-25-35)38-14-9-15-40(29-38)48-42-16-5-6-17-45(42)53-46-18-7-8-19-47(46)54-50(48)53/h1-31H. The minimum atomic E-state index is 0.704. The van der Waals surface area contributed by atoms with Gasteiger partial charge in [0.15, 0.2) is 11.4 Å². The van der Waals surface area contributed by atoms with Gasteiger partial charge in [-0.15, -0.1) is 0 Å². The van der Waals surface area contributed by atoms with Crippen molar-refractivity contribution in [3.05, 3.63) is 188 Å². The highest BCUT2D eigenvalue weighted by molar-refractivity contribution is 6.07. The minimum Gasteiger partial charge on any atom is -0.438 e. The van der Waals surface area contributed by atoms with Crippen LogP contribution in [0.25, 0.3) is 105 Å². The number of oxazole rings is 1. The number of benzene rings is 8. The average Bonchev–Trinajstić information content (AvgIpc) is 3.78. The monoisotopic (exact) mass is 689 g/mol. The van der Waals surface area contributed by atoms with Crippen molar-refractivity contribution in [2.45, 2.75) is 0 Å². The van der Waals surface area contributed by atoms with Gasteiger partial charge in [0.25, 0.3) is 0 Å². The first-order chi connectivity index (χ1) is 26.7. The van der Waals surface area contributed by atoms with E-state index in [0.29, 0.717) is 5.82 Å². The van der Waals surface area contributed by atoms with Crippen LogP contribution in [-0.4, -0.2) is 14.4 Å². The summed E-state index contributed by atoms with van der Waals surface area (Å²) in [5, 5.41) is 5.92. The summed E-state index contributed by atoms with van der Waals surface area (Å²) in [7, 11) is 0. The van der Waals surface area contributed by atoms with Crippen LogP contribution >= 0.6 is 0 Å². The van der Waals surface area contributed by atoms with E-state index in [-0.39, 0.29) is 0 Å². The van der Waals surface area contributed by atoms with Crippen LogP contribution in [0.1, 0.15) is 0 Å². The highest BCUT2D eigenvalue weighted by Crippen LogP contribution is 2.40. The second-order valence-corrected chi connectivity index (χ2v) is 13.8. The quantitative estimate of drug-likeness (QED) is 0.181. The number of hydrogen-bond acceptors (Lipinski definition) is 3. The van der Waals surface area contributed by atoms with Gasteiger partial charge in [0.2, 0.25) is 5.71 Å². The third kappa shape index (κ3) is 5.00. The van der Waals surface area contributed by atoms with Gasteiger partial charge in [-0.25, -0.2) is 9.97 Å². The van der Waals surface area contributed by atoms with Crippen LogP contribution < -0.4 is 0 Å². The van der Waals surface area contributed by atoms with E-state index in [2.05, 4.69) is 180 Å².